The van der Waals surface area contributed by atoms with Gasteiger partial charge >= 0.3 is 12.1 Å². The number of carbonyl (C=O) groups is 1. The fourth-order valence-corrected chi connectivity index (χ4v) is 1.69. The van der Waals surface area contributed by atoms with E-state index in [9.17, 15) is 18.0 Å². The van der Waals surface area contributed by atoms with Crippen LogP contribution in [0.1, 0.15) is 16.8 Å². The number of hydrogen-bond acceptors (Lipinski definition) is 3. The van der Waals surface area contributed by atoms with E-state index in [0.29, 0.717) is 5.69 Å². The first-order valence-corrected chi connectivity index (χ1v) is 6.51. The Labute approximate surface area is 125 Å². The van der Waals surface area contributed by atoms with Gasteiger partial charge < -0.3 is 4.74 Å². The highest BCUT2D eigenvalue weighted by atomic mass is 19.4. The Morgan fingerprint density at radius 1 is 1.14 bits per heavy atom. The number of hydrogen-bond donors (Lipinski definition) is 0. The van der Waals surface area contributed by atoms with E-state index in [-0.39, 0.29) is 13.0 Å². The highest BCUT2D eigenvalue weighted by molar-refractivity contribution is 5.79. The number of rotatable bonds is 5. The molecule has 1 radical (unpaired) electrons. The first-order valence-electron chi connectivity index (χ1n) is 6.51. The van der Waals surface area contributed by atoms with Crippen molar-refractivity contribution in [3.63, 3.8) is 0 Å². The van der Waals surface area contributed by atoms with Crippen molar-refractivity contribution in [3.8, 4) is 0 Å². The van der Waals surface area contributed by atoms with Crippen molar-refractivity contribution in [1.29, 1.82) is 0 Å². The Morgan fingerprint density at radius 3 is 2.45 bits per heavy atom. The minimum atomic E-state index is -4.41. The van der Waals surface area contributed by atoms with E-state index in [2.05, 4.69) is 4.98 Å². The van der Waals surface area contributed by atoms with Crippen LogP contribution in [0, 0.1) is 6.42 Å². The van der Waals surface area contributed by atoms with E-state index in [1.165, 1.54) is 12.5 Å². The molecule has 0 aliphatic carbocycles. The molecule has 0 unspecified atom stereocenters. The standard InChI is InChI=1S/C16H13F3NO2/c17-16(18,19)13-6-7-14(20-10-13)8-9-15(21)22-11-12-4-2-1-3-5-12/h1-7,9-10H,8,11H2. The Bertz CT molecular complexity index is 610. The van der Waals surface area contributed by atoms with Crippen molar-refractivity contribution in [2.75, 3.05) is 0 Å². The fourth-order valence-electron chi connectivity index (χ4n) is 1.69. The lowest BCUT2D eigenvalue weighted by Crippen LogP contribution is -2.09. The van der Waals surface area contributed by atoms with E-state index >= 15 is 0 Å². The van der Waals surface area contributed by atoms with E-state index in [1.807, 2.05) is 30.3 Å². The number of halogens is 3. The molecule has 0 aliphatic rings. The monoisotopic (exact) mass is 308 g/mol. The first-order chi connectivity index (χ1) is 10.4. The van der Waals surface area contributed by atoms with Crippen LogP contribution in [0.25, 0.3) is 0 Å². The minimum Gasteiger partial charge on any atom is -0.461 e. The molecular formula is C16H13F3NO2. The minimum absolute atomic E-state index is 0.117. The van der Waals surface area contributed by atoms with Gasteiger partial charge in [-0.2, -0.15) is 13.2 Å². The van der Waals surface area contributed by atoms with Gasteiger partial charge in [0.05, 0.1) is 12.0 Å². The van der Waals surface area contributed by atoms with Gasteiger partial charge in [0.2, 0.25) is 0 Å². The maximum Gasteiger partial charge on any atom is 0.417 e. The van der Waals surface area contributed by atoms with Crippen molar-refractivity contribution in [2.45, 2.75) is 19.2 Å². The number of pyridine rings is 1. The topological polar surface area (TPSA) is 39.2 Å². The largest absolute Gasteiger partial charge is 0.461 e. The summed E-state index contributed by atoms with van der Waals surface area (Å²) in [5.74, 6) is -0.537. The van der Waals surface area contributed by atoms with Gasteiger partial charge in [0, 0.05) is 18.3 Å². The predicted octanol–water partition coefficient (Wildman–Crippen LogP) is 3.59. The molecule has 2 aromatic rings. The number of alkyl halides is 3. The zero-order valence-electron chi connectivity index (χ0n) is 11.5. The van der Waals surface area contributed by atoms with E-state index in [0.717, 1.165) is 17.8 Å². The Morgan fingerprint density at radius 2 is 1.86 bits per heavy atom. The number of benzene rings is 1. The SMILES string of the molecule is O=C([CH]Cc1ccc(C(F)(F)F)cn1)OCc1ccccc1. The van der Waals surface area contributed by atoms with Crippen molar-refractivity contribution in [3.05, 3.63) is 71.9 Å². The molecule has 1 aromatic heterocycles. The molecule has 0 spiro atoms. The van der Waals surface area contributed by atoms with Gasteiger partial charge in [-0.05, 0) is 17.7 Å². The molecule has 0 fully saturated rings. The number of carbonyl (C=O) groups excluding carboxylic acids is 1. The number of esters is 1. The van der Waals surface area contributed by atoms with Crippen LogP contribution in [-0.4, -0.2) is 11.0 Å². The normalized spacial score (nSPS) is 11.2. The van der Waals surface area contributed by atoms with Gasteiger partial charge in [0.1, 0.15) is 6.61 Å². The summed E-state index contributed by atoms with van der Waals surface area (Å²) in [5, 5.41) is 0. The summed E-state index contributed by atoms with van der Waals surface area (Å²) in [7, 11) is 0. The summed E-state index contributed by atoms with van der Waals surface area (Å²) >= 11 is 0. The van der Waals surface area contributed by atoms with Crippen LogP contribution in [0.15, 0.2) is 48.7 Å². The van der Waals surface area contributed by atoms with Crippen LogP contribution >= 0.6 is 0 Å². The quantitative estimate of drug-likeness (QED) is 0.792. The second-order valence-electron chi connectivity index (χ2n) is 4.54. The Kier molecular flexibility index (Phi) is 5.14. The Hall–Kier alpha value is -2.37. The first kappa shape index (κ1) is 16.0. The van der Waals surface area contributed by atoms with Gasteiger partial charge in [0.15, 0.2) is 0 Å². The van der Waals surface area contributed by atoms with Crippen LogP contribution in [0.3, 0.4) is 0 Å². The maximum atomic E-state index is 12.4. The van der Waals surface area contributed by atoms with E-state index < -0.39 is 17.7 Å². The fraction of sp³-hybridized carbons (Fsp3) is 0.188. The third-order valence-corrected chi connectivity index (χ3v) is 2.85. The number of aromatic nitrogens is 1. The molecule has 1 aromatic carbocycles. The lowest BCUT2D eigenvalue weighted by molar-refractivity contribution is -0.141. The van der Waals surface area contributed by atoms with Crippen LogP contribution in [0.2, 0.25) is 0 Å². The van der Waals surface area contributed by atoms with Crippen LogP contribution < -0.4 is 0 Å². The lowest BCUT2D eigenvalue weighted by Gasteiger charge is -2.07. The zero-order valence-corrected chi connectivity index (χ0v) is 11.5. The van der Waals surface area contributed by atoms with Crippen LogP contribution in [-0.2, 0) is 28.7 Å². The van der Waals surface area contributed by atoms with Gasteiger partial charge in [-0.25, -0.2) is 0 Å². The molecule has 0 saturated carbocycles. The molecule has 0 aliphatic heterocycles. The van der Waals surface area contributed by atoms with Crippen LogP contribution in [0.4, 0.5) is 13.2 Å². The van der Waals surface area contributed by atoms with Crippen molar-refractivity contribution >= 4 is 5.97 Å². The van der Waals surface area contributed by atoms with E-state index in [1.54, 1.807) is 0 Å². The maximum absolute atomic E-state index is 12.4. The molecule has 6 heteroatoms. The molecule has 0 amide bonds. The second kappa shape index (κ2) is 7.06. The summed E-state index contributed by atoms with van der Waals surface area (Å²) in [6.45, 7) is 0.149. The average molecular weight is 308 g/mol. The van der Waals surface area contributed by atoms with Crippen molar-refractivity contribution < 1.29 is 22.7 Å². The molecule has 0 bridgehead atoms. The molecule has 1 heterocycles. The summed E-state index contributed by atoms with van der Waals surface area (Å²) in [5.41, 5.74) is 0.407. The van der Waals surface area contributed by atoms with Gasteiger partial charge in [-0.15, -0.1) is 0 Å². The summed E-state index contributed by atoms with van der Waals surface area (Å²) in [4.78, 5) is 15.2. The molecule has 2 rings (SSSR count). The second-order valence-corrected chi connectivity index (χ2v) is 4.54. The molecular weight excluding hydrogens is 295 g/mol. The predicted molar refractivity (Wildman–Crippen MR) is 73.5 cm³/mol. The van der Waals surface area contributed by atoms with Gasteiger partial charge in [-0.3, -0.25) is 9.78 Å². The number of nitrogens with zero attached hydrogens (tertiary/aromatic N) is 1. The third kappa shape index (κ3) is 4.87. The highest BCUT2D eigenvalue weighted by Crippen LogP contribution is 2.28. The van der Waals surface area contributed by atoms with E-state index in [4.69, 9.17) is 4.74 Å². The molecule has 22 heavy (non-hydrogen) atoms. The zero-order chi connectivity index (χ0) is 16.0. The van der Waals surface area contributed by atoms with Crippen molar-refractivity contribution in [1.82, 2.24) is 4.98 Å². The lowest BCUT2D eigenvalue weighted by atomic mass is 10.2. The van der Waals surface area contributed by atoms with Gasteiger partial charge in [-0.1, -0.05) is 30.3 Å². The average Bonchev–Trinajstić information content (AvgIpc) is 2.51. The molecule has 115 valence electrons. The third-order valence-electron chi connectivity index (χ3n) is 2.85. The molecule has 0 atom stereocenters. The number of ether oxygens (including phenoxy) is 1. The van der Waals surface area contributed by atoms with Crippen LogP contribution in [0.5, 0.6) is 0 Å². The summed E-state index contributed by atoms with van der Waals surface area (Å²) < 4.78 is 42.1. The highest BCUT2D eigenvalue weighted by Gasteiger charge is 2.30. The van der Waals surface area contributed by atoms with Crippen molar-refractivity contribution in [2.24, 2.45) is 0 Å². The molecule has 3 nitrogen and oxygen atoms in total. The summed E-state index contributed by atoms with van der Waals surface area (Å²) in [6.07, 6.45) is -2.30. The Balaban J connectivity index is 1.79. The summed E-state index contributed by atoms with van der Waals surface area (Å²) in [6, 6.07) is 11.3. The van der Waals surface area contributed by atoms with Gasteiger partial charge in [0.25, 0.3) is 0 Å². The molecule has 0 N–H and O–H groups in total. The molecule has 0 saturated heterocycles. The smallest absolute Gasteiger partial charge is 0.417 e.